The highest BCUT2D eigenvalue weighted by molar-refractivity contribution is 5.74. The summed E-state index contributed by atoms with van der Waals surface area (Å²) in [5.74, 6) is -3.76. The number of carbonyl (C=O) groups excluding carboxylic acids is 8. The minimum Gasteiger partial charge on any atom is -0.466 e. The molecule has 0 saturated carbocycles. The van der Waals surface area contributed by atoms with Gasteiger partial charge in [0.25, 0.3) is 0 Å². The zero-order valence-electron chi connectivity index (χ0n) is 41.3. The van der Waals surface area contributed by atoms with Crippen molar-refractivity contribution in [3.63, 3.8) is 0 Å². The van der Waals surface area contributed by atoms with Gasteiger partial charge in [-0.3, -0.25) is 38.4 Å². The summed E-state index contributed by atoms with van der Waals surface area (Å²) in [6, 6.07) is -0.734. The van der Waals surface area contributed by atoms with Gasteiger partial charge in [0.1, 0.15) is 18.8 Å². The Morgan fingerprint density at radius 3 is 1.36 bits per heavy atom. The predicted octanol–water partition coefficient (Wildman–Crippen LogP) is 6.78. The van der Waals surface area contributed by atoms with Gasteiger partial charge in [0.15, 0.2) is 24.6 Å². The fraction of sp³-hybridized carbons (Fsp3) is 0.833. The predicted molar refractivity (Wildman–Crippen MR) is 242 cm³/mol. The minimum absolute atomic E-state index is 0.148. The molecule has 1 fully saturated rings. The second-order valence-electron chi connectivity index (χ2n) is 17.4. The van der Waals surface area contributed by atoms with Crippen molar-refractivity contribution in [2.45, 2.75) is 246 Å². The van der Waals surface area contributed by atoms with E-state index in [2.05, 4.69) is 10.6 Å². The molecule has 0 aromatic rings. The van der Waals surface area contributed by atoms with Crippen molar-refractivity contribution in [1.82, 2.24) is 10.6 Å². The average Bonchev–Trinajstić information content (AvgIpc) is 3.21. The summed E-state index contributed by atoms with van der Waals surface area (Å²) in [6.07, 6.45) is 11.2. The first-order valence-electron chi connectivity index (χ1n) is 24.1. The van der Waals surface area contributed by atoms with Crippen LogP contribution in [0.5, 0.6) is 0 Å². The first-order valence-corrected chi connectivity index (χ1v) is 24.1. The van der Waals surface area contributed by atoms with E-state index in [0.29, 0.717) is 25.9 Å². The van der Waals surface area contributed by atoms with Gasteiger partial charge >= 0.3 is 35.8 Å². The Labute approximate surface area is 392 Å². The van der Waals surface area contributed by atoms with E-state index in [1.54, 1.807) is 6.92 Å². The van der Waals surface area contributed by atoms with Crippen LogP contribution in [0, 0.1) is 0 Å². The maximum atomic E-state index is 12.3. The third-order valence-corrected chi connectivity index (χ3v) is 11.1. The van der Waals surface area contributed by atoms with Crippen molar-refractivity contribution < 1.29 is 76.3 Å². The molecule has 18 nitrogen and oxygen atoms in total. The fourth-order valence-corrected chi connectivity index (χ4v) is 7.98. The smallest absolute Gasteiger partial charge is 0.305 e. The second kappa shape index (κ2) is 34.9. The molecule has 18 heteroatoms. The first kappa shape index (κ1) is 59.7. The van der Waals surface area contributed by atoms with Gasteiger partial charge < -0.3 is 48.5 Å². The molecule has 380 valence electrons. The number of ether oxygens (including phenoxy) is 8. The van der Waals surface area contributed by atoms with E-state index < -0.39 is 66.7 Å². The van der Waals surface area contributed by atoms with Crippen molar-refractivity contribution in [2.24, 2.45) is 0 Å². The van der Waals surface area contributed by atoms with Crippen LogP contribution < -0.4 is 10.6 Å². The summed E-state index contributed by atoms with van der Waals surface area (Å²) in [4.78, 5) is 95.3. The SMILES string of the molecule is CC(=O)N[C@H](C)[C@@H](CCCCCCCC(=O)OCCCCCCCCCCCCCC[C@@H](O[C@@H]1O[C@H](COC(C)=O)[C@H](OC(C)=O)[C@H](OC(C)=O)[C@H]1OC(C)=O)[C@@H](C)NC(C)=O)OC(C)=O. The molecular formula is C48H82N2O16. The molecule has 1 aliphatic rings. The molecule has 0 unspecified atom stereocenters. The minimum atomic E-state index is -1.36. The van der Waals surface area contributed by atoms with E-state index in [4.69, 9.17) is 37.9 Å². The number of amides is 2. The number of unbranched alkanes of at least 4 members (excludes halogenated alkanes) is 15. The molecule has 0 aromatic heterocycles. The van der Waals surface area contributed by atoms with Crippen molar-refractivity contribution in [2.75, 3.05) is 13.2 Å². The zero-order chi connectivity index (χ0) is 49.4. The number of carbonyl (C=O) groups is 8. The lowest BCUT2D eigenvalue weighted by Gasteiger charge is -2.45. The van der Waals surface area contributed by atoms with Gasteiger partial charge in [-0.25, -0.2) is 0 Å². The van der Waals surface area contributed by atoms with Gasteiger partial charge in [0.2, 0.25) is 11.8 Å². The molecule has 2 N–H and O–H groups in total. The number of rotatable bonds is 35. The van der Waals surface area contributed by atoms with Gasteiger partial charge in [0.05, 0.1) is 24.8 Å². The van der Waals surface area contributed by atoms with E-state index in [0.717, 1.165) is 130 Å². The Kier molecular flexibility index (Phi) is 31.6. The highest BCUT2D eigenvalue weighted by Gasteiger charge is 2.53. The van der Waals surface area contributed by atoms with Crippen LogP contribution >= 0.6 is 0 Å². The van der Waals surface area contributed by atoms with Gasteiger partial charge in [-0.05, 0) is 46.0 Å². The van der Waals surface area contributed by atoms with Gasteiger partial charge in [-0.1, -0.05) is 89.9 Å². The molecule has 2 amide bonds. The Hall–Kier alpha value is -4.32. The summed E-state index contributed by atoms with van der Waals surface area (Å²) in [7, 11) is 0. The van der Waals surface area contributed by atoms with Crippen molar-refractivity contribution in [1.29, 1.82) is 0 Å². The van der Waals surface area contributed by atoms with Crippen LogP contribution in [0.3, 0.4) is 0 Å². The lowest BCUT2D eigenvalue weighted by Crippen LogP contribution is -2.63. The third kappa shape index (κ3) is 28.7. The van der Waals surface area contributed by atoms with Crippen LogP contribution in [-0.2, 0) is 76.3 Å². The summed E-state index contributed by atoms with van der Waals surface area (Å²) in [5.41, 5.74) is 0. The molecule has 0 aromatic carbocycles. The maximum Gasteiger partial charge on any atom is 0.305 e. The van der Waals surface area contributed by atoms with Gasteiger partial charge in [-0.15, -0.1) is 0 Å². The second-order valence-corrected chi connectivity index (χ2v) is 17.4. The standard InChI is InChI=1S/C48H82N2O16/c1-32(49-34(3)51)41(61-37(6)54)27-23-20-18-21-25-29-44(58)59-30-26-22-17-15-13-11-10-12-14-16-19-24-28-42(33(2)50-35(4)52)65-48-47(64-40(9)57)46(63-39(8)56)45(62-38(7)55)43(66-48)31-60-36(5)53/h32-33,41-43,45-48H,10-31H2,1-9H3,(H,49,51)(H,50,52)/t32-,33-,41-,42-,43-,45+,46+,47-,48-/m1/s1. The number of esters is 6. The molecule has 1 aliphatic heterocycles. The number of hydrogen-bond donors (Lipinski definition) is 2. The van der Waals surface area contributed by atoms with Crippen LogP contribution in [-0.4, -0.2) is 116 Å². The maximum absolute atomic E-state index is 12.3. The van der Waals surface area contributed by atoms with Gasteiger partial charge in [0, 0.05) is 54.9 Å². The van der Waals surface area contributed by atoms with Crippen LogP contribution in [0.1, 0.15) is 191 Å². The van der Waals surface area contributed by atoms with E-state index in [9.17, 15) is 38.4 Å². The molecule has 1 saturated heterocycles. The Morgan fingerprint density at radius 2 is 0.894 bits per heavy atom. The molecule has 66 heavy (non-hydrogen) atoms. The van der Waals surface area contributed by atoms with Crippen LogP contribution in [0.25, 0.3) is 0 Å². The molecule has 1 rings (SSSR count). The summed E-state index contributed by atoms with van der Waals surface area (Å²) in [5, 5.41) is 5.65. The zero-order valence-corrected chi connectivity index (χ0v) is 41.3. The Bertz CT molecular complexity index is 1480. The third-order valence-electron chi connectivity index (χ3n) is 11.1. The molecule has 0 radical (unpaired) electrons. The molecule has 0 aliphatic carbocycles. The highest BCUT2D eigenvalue weighted by atomic mass is 16.7. The number of nitrogens with one attached hydrogen (secondary N) is 2. The summed E-state index contributed by atoms with van der Waals surface area (Å²) < 4.78 is 45.1. The Balaban J connectivity index is 2.40. The summed E-state index contributed by atoms with van der Waals surface area (Å²) in [6.45, 7) is 12.6. The monoisotopic (exact) mass is 943 g/mol. The first-order chi connectivity index (χ1) is 31.3. The fourth-order valence-electron chi connectivity index (χ4n) is 7.98. The van der Waals surface area contributed by atoms with Crippen molar-refractivity contribution >= 4 is 47.6 Å². The molecule has 9 atom stereocenters. The van der Waals surface area contributed by atoms with E-state index in [1.807, 2.05) is 6.92 Å². The van der Waals surface area contributed by atoms with Crippen molar-refractivity contribution in [3.8, 4) is 0 Å². The van der Waals surface area contributed by atoms with Crippen LogP contribution in [0.15, 0.2) is 0 Å². The van der Waals surface area contributed by atoms with E-state index in [-0.39, 0.29) is 42.5 Å². The molecule has 0 bridgehead atoms. The average molecular weight is 943 g/mol. The van der Waals surface area contributed by atoms with Crippen LogP contribution in [0.4, 0.5) is 0 Å². The molecule has 1 heterocycles. The molecular weight excluding hydrogens is 861 g/mol. The normalized spacial score (nSPS) is 19.8. The lowest BCUT2D eigenvalue weighted by molar-refractivity contribution is -0.318. The largest absolute Gasteiger partial charge is 0.466 e. The van der Waals surface area contributed by atoms with Crippen LogP contribution in [0.2, 0.25) is 0 Å². The quantitative estimate of drug-likeness (QED) is 0.0378. The van der Waals surface area contributed by atoms with Crippen molar-refractivity contribution in [3.05, 3.63) is 0 Å². The number of hydrogen-bond acceptors (Lipinski definition) is 16. The summed E-state index contributed by atoms with van der Waals surface area (Å²) >= 11 is 0. The lowest BCUT2D eigenvalue weighted by atomic mass is 9.97. The van der Waals surface area contributed by atoms with E-state index >= 15 is 0 Å². The topological polar surface area (TPSA) is 234 Å². The van der Waals surface area contributed by atoms with E-state index in [1.165, 1.54) is 27.7 Å². The highest BCUT2D eigenvalue weighted by Crippen LogP contribution is 2.32. The Morgan fingerprint density at radius 1 is 0.470 bits per heavy atom. The molecule has 0 spiro atoms. The van der Waals surface area contributed by atoms with Gasteiger partial charge in [-0.2, -0.15) is 0 Å².